The van der Waals surface area contributed by atoms with Crippen LogP contribution in [0.3, 0.4) is 0 Å². The molecule has 1 unspecified atom stereocenters. The average Bonchev–Trinajstić information content (AvgIpc) is 2.08. The number of hydrogen-bond donors (Lipinski definition) is 1. The summed E-state index contributed by atoms with van der Waals surface area (Å²) in [6.45, 7) is 3.83. The molecule has 1 aromatic rings. The van der Waals surface area contributed by atoms with Crippen LogP contribution >= 0.6 is 15.9 Å². The van der Waals surface area contributed by atoms with E-state index in [1.165, 1.54) is 0 Å². The van der Waals surface area contributed by atoms with Crippen LogP contribution in [-0.2, 0) is 11.0 Å². The Hall–Kier alpha value is -0.350. The highest BCUT2D eigenvalue weighted by atomic mass is 79.9. The van der Waals surface area contributed by atoms with Gasteiger partial charge in [-0.25, -0.2) is 4.21 Å². The SMILES string of the molecule is CC(C)S(=O)Nc1ccccc1Br. The van der Waals surface area contributed by atoms with Crippen molar-refractivity contribution in [2.45, 2.75) is 19.1 Å². The Labute approximate surface area is 89.5 Å². The third-order valence-electron chi connectivity index (χ3n) is 1.51. The van der Waals surface area contributed by atoms with Gasteiger partial charge < -0.3 is 4.72 Å². The molecule has 1 aromatic carbocycles. The van der Waals surface area contributed by atoms with E-state index in [0.717, 1.165) is 10.2 Å². The highest BCUT2D eigenvalue weighted by Gasteiger charge is 2.06. The molecule has 0 aliphatic carbocycles. The average molecular weight is 262 g/mol. The van der Waals surface area contributed by atoms with Gasteiger partial charge in [0.05, 0.1) is 5.69 Å². The van der Waals surface area contributed by atoms with Crippen LogP contribution < -0.4 is 4.72 Å². The predicted molar refractivity (Wildman–Crippen MR) is 61.0 cm³/mol. The number of benzene rings is 1. The van der Waals surface area contributed by atoms with Crippen molar-refractivity contribution in [3.8, 4) is 0 Å². The van der Waals surface area contributed by atoms with Crippen molar-refractivity contribution in [2.75, 3.05) is 4.72 Å². The zero-order valence-electron chi connectivity index (χ0n) is 7.58. The van der Waals surface area contributed by atoms with E-state index in [9.17, 15) is 4.21 Å². The molecule has 1 N–H and O–H groups in total. The van der Waals surface area contributed by atoms with Crippen molar-refractivity contribution in [3.05, 3.63) is 28.7 Å². The van der Waals surface area contributed by atoms with E-state index in [-0.39, 0.29) is 5.25 Å². The molecular formula is C9H12BrNOS. The predicted octanol–water partition coefficient (Wildman–Crippen LogP) is 2.93. The Morgan fingerprint density at radius 1 is 1.38 bits per heavy atom. The second-order valence-electron chi connectivity index (χ2n) is 2.93. The van der Waals surface area contributed by atoms with Gasteiger partial charge in [-0.15, -0.1) is 0 Å². The second kappa shape index (κ2) is 4.77. The van der Waals surface area contributed by atoms with Gasteiger partial charge in [-0.1, -0.05) is 12.1 Å². The number of hydrogen-bond acceptors (Lipinski definition) is 1. The fraction of sp³-hybridized carbons (Fsp3) is 0.333. The summed E-state index contributed by atoms with van der Waals surface area (Å²) < 4.78 is 15.3. The number of halogens is 1. The van der Waals surface area contributed by atoms with E-state index in [0.29, 0.717) is 0 Å². The molecule has 1 rings (SSSR count). The van der Waals surface area contributed by atoms with Gasteiger partial charge in [0, 0.05) is 9.72 Å². The van der Waals surface area contributed by atoms with E-state index in [1.54, 1.807) is 0 Å². The fourth-order valence-corrected chi connectivity index (χ4v) is 1.92. The minimum absolute atomic E-state index is 0.118. The van der Waals surface area contributed by atoms with E-state index in [1.807, 2.05) is 38.1 Å². The monoisotopic (exact) mass is 261 g/mol. The summed E-state index contributed by atoms with van der Waals surface area (Å²) in [4.78, 5) is 0. The van der Waals surface area contributed by atoms with Crippen molar-refractivity contribution in [1.82, 2.24) is 0 Å². The lowest BCUT2D eigenvalue weighted by Gasteiger charge is -2.09. The quantitative estimate of drug-likeness (QED) is 0.891. The van der Waals surface area contributed by atoms with Gasteiger partial charge in [-0.3, -0.25) is 0 Å². The molecule has 0 saturated carbocycles. The highest BCUT2D eigenvalue weighted by Crippen LogP contribution is 2.21. The first-order valence-electron chi connectivity index (χ1n) is 4.03. The third kappa shape index (κ3) is 3.12. The van der Waals surface area contributed by atoms with Gasteiger partial charge in [0.2, 0.25) is 0 Å². The summed E-state index contributed by atoms with van der Waals surface area (Å²) in [5.74, 6) is 0. The maximum absolute atomic E-state index is 11.4. The van der Waals surface area contributed by atoms with Crippen LogP contribution in [0.15, 0.2) is 28.7 Å². The standard InChI is InChI=1S/C9H12BrNOS/c1-7(2)13(12)11-9-6-4-3-5-8(9)10/h3-7,11H,1-2H3. The molecule has 0 aromatic heterocycles. The molecule has 13 heavy (non-hydrogen) atoms. The Morgan fingerprint density at radius 3 is 2.54 bits per heavy atom. The molecule has 1 atom stereocenters. The number of para-hydroxylation sites is 1. The Morgan fingerprint density at radius 2 is 2.00 bits per heavy atom. The Bertz CT molecular complexity index is 314. The summed E-state index contributed by atoms with van der Waals surface area (Å²) in [6, 6.07) is 7.64. The molecule has 2 nitrogen and oxygen atoms in total. The zero-order valence-corrected chi connectivity index (χ0v) is 9.98. The normalized spacial score (nSPS) is 12.9. The van der Waals surface area contributed by atoms with Crippen molar-refractivity contribution in [3.63, 3.8) is 0 Å². The summed E-state index contributed by atoms with van der Waals surface area (Å²) in [5, 5.41) is 0.118. The smallest absolute Gasteiger partial charge is 0.119 e. The molecule has 0 radical (unpaired) electrons. The van der Waals surface area contributed by atoms with Crippen molar-refractivity contribution >= 4 is 32.6 Å². The van der Waals surface area contributed by atoms with Crippen LogP contribution in [0.2, 0.25) is 0 Å². The molecule has 0 heterocycles. The highest BCUT2D eigenvalue weighted by molar-refractivity contribution is 9.10. The summed E-state index contributed by atoms with van der Waals surface area (Å²) in [5.41, 5.74) is 0.870. The van der Waals surface area contributed by atoms with Crippen LogP contribution in [0.25, 0.3) is 0 Å². The van der Waals surface area contributed by atoms with Gasteiger partial charge in [-0.2, -0.15) is 0 Å². The van der Waals surface area contributed by atoms with Crippen LogP contribution in [0, 0.1) is 0 Å². The van der Waals surface area contributed by atoms with E-state index in [4.69, 9.17) is 0 Å². The Kier molecular flexibility index (Phi) is 3.93. The maximum atomic E-state index is 11.4. The lowest BCUT2D eigenvalue weighted by Crippen LogP contribution is -2.14. The molecule has 4 heteroatoms. The maximum Gasteiger partial charge on any atom is 0.119 e. The van der Waals surface area contributed by atoms with Crippen molar-refractivity contribution < 1.29 is 4.21 Å². The zero-order chi connectivity index (χ0) is 9.84. The molecule has 0 fully saturated rings. The minimum atomic E-state index is -1.01. The largest absolute Gasteiger partial charge is 0.304 e. The van der Waals surface area contributed by atoms with Gasteiger partial charge in [0.25, 0.3) is 0 Å². The second-order valence-corrected chi connectivity index (χ2v) is 5.52. The summed E-state index contributed by atoms with van der Waals surface area (Å²) in [7, 11) is -1.01. The van der Waals surface area contributed by atoms with Gasteiger partial charge >= 0.3 is 0 Å². The fourth-order valence-electron chi connectivity index (χ4n) is 0.770. The first-order valence-corrected chi connectivity index (χ1v) is 6.03. The van der Waals surface area contributed by atoms with Crippen molar-refractivity contribution in [1.29, 1.82) is 0 Å². The van der Waals surface area contributed by atoms with Crippen LogP contribution in [0.5, 0.6) is 0 Å². The van der Waals surface area contributed by atoms with E-state index in [2.05, 4.69) is 20.7 Å². The van der Waals surface area contributed by atoms with Crippen LogP contribution in [0.4, 0.5) is 5.69 Å². The molecular weight excluding hydrogens is 250 g/mol. The molecule has 0 spiro atoms. The number of nitrogens with one attached hydrogen (secondary N) is 1. The summed E-state index contributed by atoms with van der Waals surface area (Å²) >= 11 is 3.38. The van der Waals surface area contributed by atoms with Gasteiger partial charge in [0.15, 0.2) is 0 Å². The Balaban J connectivity index is 2.75. The lowest BCUT2D eigenvalue weighted by molar-refractivity contribution is 0.680. The molecule has 72 valence electrons. The van der Waals surface area contributed by atoms with E-state index < -0.39 is 11.0 Å². The van der Waals surface area contributed by atoms with Gasteiger partial charge in [-0.05, 0) is 41.9 Å². The minimum Gasteiger partial charge on any atom is -0.304 e. The first kappa shape index (κ1) is 10.7. The van der Waals surface area contributed by atoms with Crippen LogP contribution in [-0.4, -0.2) is 9.46 Å². The molecule has 0 bridgehead atoms. The molecule has 0 aliphatic rings. The van der Waals surface area contributed by atoms with Crippen LogP contribution in [0.1, 0.15) is 13.8 Å². The molecule has 0 saturated heterocycles. The molecule has 0 aliphatic heterocycles. The van der Waals surface area contributed by atoms with E-state index >= 15 is 0 Å². The van der Waals surface area contributed by atoms with Crippen molar-refractivity contribution in [2.24, 2.45) is 0 Å². The third-order valence-corrected chi connectivity index (χ3v) is 3.48. The lowest BCUT2D eigenvalue weighted by atomic mass is 10.3. The molecule has 0 amide bonds. The first-order chi connectivity index (χ1) is 6.11. The number of anilines is 1. The van der Waals surface area contributed by atoms with Gasteiger partial charge in [0.1, 0.15) is 11.0 Å². The summed E-state index contributed by atoms with van der Waals surface area (Å²) in [6.07, 6.45) is 0. The number of rotatable bonds is 3. The topological polar surface area (TPSA) is 29.1 Å².